The zero-order valence-corrected chi connectivity index (χ0v) is 12.2. The van der Waals surface area contributed by atoms with E-state index in [1.54, 1.807) is 0 Å². The Morgan fingerprint density at radius 3 is 2.72 bits per heavy atom. The number of aryl methyl sites for hydroxylation is 1. The summed E-state index contributed by atoms with van der Waals surface area (Å²) >= 11 is 1.38. The van der Waals surface area contributed by atoms with Crippen LogP contribution in [0.25, 0.3) is 0 Å². The molecule has 1 heterocycles. The molecule has 0 aliphatic rings. The summed E-state index contributed by atoms with van der Waals surface area (Å²) in [7, 11) is 3.80. The van der Waals surface area contributed by atoms with Gasteiger partial charge in [-0.15, -0.1) is 0 Å². The fourth-order valence-electron chi connectivity index (χ4n) is 1.42. The van der Waals surface area contributed by atoms with Crippen LogP contribution in [-0.4, -0.2) is 42.7 Å². The van der Waals surface area contributed by atoms with Crippen molar-refractivity contribution in [3.05, 3.63) is 10.6 Å². The van der Waals surface area contributed by atoms with E-state index in [0.717, 1.165) is 10.8 Å². The number of aliphatic hydroxyl groups is 1. The zero-order valence-electron chi connectivity index (χ0n) is 11.4. The average molecular weight is 271 g/mol. The monoisotopic (exact) mass is 271 g/mol. The smallest absolute Gasteiger partial charge is 0.263 e. The number of amides is 1. The van der Waals surface area contributed by atoms with E-state index in [0.29, 0.717) is 24.3 Å². The normalized spacial score (nSPS) is 12.3. The summed E-state index contributed by atoms with van der Waals surface area (Å²) in [5.74, 6) is -0.110. The third-order valence-electron chi connectivity index (χ3n) is 2.61. The Morgan fingerprint density at radius 2 is 2.22 bits per heavy atom. The van der Waals surface area contributed by atoms with Gasteiger partial charge in [0.25, 0.3) is 5.91 Å². The highest BCUT2D eigenvalue weighted by molar-refractivity contribution is 7.17. The van der Waals surface area contributed by atoms with E-state index in [2.05, 4.69) is 10.3 Å². The Morgan fingerprint density at radius 1 is 1.56 bits per heavy atom. The molecule has 0 aromatic carbocycles. The average Bonchev–Trinajstić information content (AvgIpc) is 2.71. The molecule has 0 saturated carbocycles. The van der Waals surface area contributed by atoms with Crippen molar-refractivity contribution in [2.24, 2.45) is 0 Å². The SMILES string of the molecule is CCC(O)CCNC(=O)c1sc(N(C)C)nc1C. The molecular weight excluding hydrogens is 250 g/mol. The van der Waals surface area contributed by atoms with Gasteiger partial charge in [0.05, 0.1) is 11.8 Å². The fraction of sp³-hybridized carbons (Fsp3) is 0.667. The first-order valence-electron chi connectivity index (χ1n) is 6.06. The van der Waals surface area contributed by atoms with Gasteiger partial charge in [-0.25, -0.2) is 4.98 Å². The molecule has 2 N–H and O–H groups in total. The van der Waals surface area contributed by atoms with Gasteiger partial charge in [-0.2, -0.15) is 0 Å². The van der Waals surface area contributed by atoms with Gasteiger partial charge < -0.3 is 15.3 Å². The Labute approximate surface area is 112 Å². The number of carbonyl (C=O) groups is 1. The molecule has 1 aromatic rings. The van der Waals surface area contributed by atoms with Gasteiger partial charge in [0.15, 0.2) is 5.13 Å². The molecule has 0 aliphatic carbocycles. The summed E-state index contributed by atoms with van der Waals surface area (Å²) < 4.78 is 0. The van der Waals surface area contributed by atoms with Crippen LogP contribution in [0.15, 0.2) is 0 Å². The minimum absolute atomic E-state index is 0.110. The maximum absolute atomic E-state index is 11.9. The molecule has 1 unspecified atom stereocenters. The van der Waals surface area contributed by atoms with Crippen LogP contribution in [0.1, 0.15) is 35.1 Å². The highest BCUT2D eigenvalue weighted by Gasteiger charge is 2.15. The second-order valence-corrected chi connectivity index (χ2v) is 5.39. The lowest BCUT2D eigenvalue weighted by Gasteiger charge is -2.08. The van der Waals surface area contributed by atoms with E-state index < -0.39 is 0 Å². The largest absolute Gasteiger partial charge is 0.393 e. The van der Waals surface area contributed by atoms with Crippen LogP contribution < -0.4 is 10.2 Å². The van der Waals surface area contributed by atoms with Crippen molar-refractivity contribution in [2.45, 2.75) is 32.8 Å². The molecule has 0 aliphatic heterocycles. The molecule has 5 nitrogen and oxygen atoms in total. The molecule has 0 saturated heterocycles. The van der Waals surface area contributed by atoms with Gasteiger partial charge in [0.1, 0.15) is 4.88 Å². The van der Waals surface area contributed by atoms with Crippen LogP contribution in [0, 0.1) is 6.92 Å². The first-order chi connectivity index (χ1) is 8.45. The van der Waals surface area contributed by atoms with Crippen molar-refractivity contribution in [1.29, 1.82) is 0 Å². The molecule has 1 aromatic heterocycles. The van der Waals surface area contributed by atoms with Gasteiger partial charge in [0.2, 0.25) is 0 Å². The maximum atomic E-state index is 11.9. The predicted molar refractivity (Wildman–Crippen MR) is 74.4 cm³/mol. The quantitative estimate of drug-likeness (QED) is 0.821. The summed E-state index contributed by atoms with van der Waals surface area (Å²) in [6.07, 6.45) is 0.950. The molecule has 18 heavy (non-hydrogen) atoms. The van der Waals surface area contributed by atoms with Gasteiger partial charge in [-0.3, -0.25) is 4.79 Å². The van der Waals surface area contributed by atoms with E-state index in [9.17, 15) is 9.90 Å². The molecule has 0 radical (unpaired) electrons. The van der Waals surface area contributed by atoms with Crippen LogP contribution >= 0.6 is 11.3 Å². The van der Waals surface area contributed by atoms with Crippen LogP contribution in [0.3, 0.4) is 0 Å². The fourth-order valence-corrected chi connectivity index (χ4v) is 2.33. The van der Waals surface area contributed by atoms with Crippen molar-refractivity contribution in [3.8, 4) is 0 Å². The lowest BCUT2D eigenvalue weighted by atomic mass is 10.2. The standard InChI is InChI=1S/C12H21N3O2S/c1-5-9(16)6-7-13-11(17)10-8(2)14-12(18-10)15(3)4/h9,16H,5-7H2,1-4H3,(H,13,17). The second kappa shape index (κ2) is 6.70. The van der Waals surface area contributed by atoms with Crippen molar-refractivity contribution < 1.29 is 9.90 Å². The van der Waals surface area contributed by atoms with Crippen LogP contribution in [-0.2, 0) is 0 Å². The topological polar surface area (TPSA) is 65.5 Å². The molecular formula is C12H21N3O2S. The molecule has 1 amide bonds. The summed E-state index contributed by atoms with van der Waals surface area (Å²) in [6.45, 7) is 4.24. The number of carbonyl (C=O) groups excluding carboxylic acids is 1. The number of hydrogen-bond acceptors (Lipinski definition) is 5. The van der Waals surface area contributed by atoms with E-state index in [1.165, 1.54) is 11.3 Å². The third-order valence-corrected chi connectivity index (χ3v) is 3.93. The van der Waals surface area contributed by atoms with Gasteiger partial charge in [-0.1, -0.05) is 18.3 Å². The third kappa shape index (κ3) is 3.96. The van der Waals surface area contributed by atoms with Gasteiger partial charge in [0, 0.05) is 20.6 Å². The van der Waals surface area contributed by atoms with Crippen molar-refractivity contribution >= 4 is 22.4 Å². The molecule has 0 bridgehead atoms. The number of aliphatic hydroxyl groups excluding tert-OH is 1. The Kier molecular flexibility index (Phi) is 5.55. The summed E-state index contributed by atoms with van der Waals surface area (Å²) in [6, 6.07) is 0. The number of anilines is 1. The maximum Gasteiger partial charge on any atom is 0.263 e. The van der Waals surface area contributed by atoms with Crippen molar-refractivity contribution in [3.63, 3.8) is 0 Å². The summed E-state index contributed by atoms with van der Waals surface area (Å²) in [5, 5.41) is 13.0. The number of hydrogen-bond donors (Lipinski definition) is 2. The molecule has 1 rings (SSSR count). The van der Waals surface area contributed by atoms with E-state index in [4.69, 9.17) is 0 Å². The molecule has 0 fully saturated rings. The number of thiazole rings is 1. The van der Waals surface area contributed by atoms with Crippen LogP contribution in [0.4, 0.5) is 5.13 Å². The van der Waals surface area contributed by atoms with Crippen molar-refractivity contribution in [2.75, 3.05) is 25.5 Å². The number of nitrogens with zero attached hydrogens (tertiary/aromatic N) is 2. The minimum Gasteiger partial charge on any atom is -0.393 e. The Hall–Kier alpha value is -1.14. The highest BCUT2D eigenvalue weighted by Crippen LogP contribution is 2.24. The number of rotatable bonds is 6. The minimum atomic E-state index is -0.342. The van der Waals surface area contributed by atoms with Crippen LogP contribution in [0.2, 0.25) is 0 Å². The molecule has 1 atom stereocenters. The van der Waals surface area contributed by atoms with Crippen LogP contribution in [0.5, 0.6) is 0 Å². The molecule has 0 spiro atoms. The number of nitrogens with one attached hydrogen (secondary N) is 1. The predicted octanol–water partition coefficient (Wildman–Crippen LogP) is 1.41. The summed E-state index contributed by atoms with van der Waals surface area (Å²) in [5.41, 5.74) is 0.747. The first-order valence-corrected chi connectivity index (χ1v) is 6.88. The highest BCUT2D eigenvalue weighted by atomic mass is 32.1. The second-order valence-electron chi connectivity index (χ2n) is 4.41. The summed E-state index contributed by atoms with van der Waals surface area (Å²) in [4.78, 5) is 18.8. The molecule has 6 heteroatoms. The lowest BCUT2D eigenvalue weighted by molar-refractivity contribution is 0.0945. The van der Waals surface area contributed by atoms with Gasteiger partial charge in [-0.05, 0) is 19.8 Å². The van der Waals surface area contributed by atoms with E-state index >= 15 is 0 Å². The Bertz CT molecular complexity index is 404. The number of aromatic nitrogens is 1. The zero-order chi connectivity index (χ0) is 13.7. The van der Waals surface area contributed by atoms with Crippen molar-refractivity contribution in [1.82, 2.24) is 10.3 Å². The van der Waals surface area contributed by atoms with E-state index in [1.807, 2.05) is 32.8 Å². The molecule has 102 valence electrons. The van der Waals surface area contributed by atoms with Gasteiger partial charge >= 0.3 is 0 Å². The Balaban J connectivity index is 2.56. The lowest BCUT2D eigenvalue weighted by Crippen LogP contribution is -2.26. The first kappa shape index (κ1) is 14.9. The van der Waals surface area contributed by atoms with E-state index in [-0.39, 0.29) is 12.0 Å².